The maximum absolute atomic E-state index is 13.4. The van der Waals surface area contributed by atoms with Crippen molar-refractivity contribution >= 4 is 11.2 Å². The lowest BCUT2D eigenvalue weighted by atomic mass is 10.2. The van der Waals surface area contributed by atoms with Crippen molar-refractivity contribution in [3.8, 4) is 11.5 Å². The molecule has 2 aromatic heterocycles. The van der Waals surface area contributed by atoms with Crippen molar-refractivity contribution in [1.82, 2.24) is 18.7 Å². The van der Waals surface area contributed by atoms with Gasteiger partial charge >= 0.3 is 5.69 Å². The molecular weight excluding hydrogens is 436 g/mol. The number of aromatic nitrogens is 4. The highest BCUT2D eigenvalue weighted by Gasteiger charge is 2.18. The van der Waals surface area contributed by atoms with Gasteiger partial charge in [-0.1, -0.05) is 30.3 Å². The number of hydrogen-bond donors (Lipinski definition) is 0. The van der Waals surface area contributed by atoms with Crippen LogP contribution in [0, 0.1) is 0 Å². The second-order valence-corrected chi connectivity index (χ2v) is 7.67. The second-order valence-electron chi connectivity index (χ2n) is 7.67. The van der Waals surface area contributed by atoms with Crippen molar-refractivity contribution in [1.29, 1.82) is 0 Å². The third-order valence-corrected chi connectivity index (χ3v) is 5.42. The first-order valence-electron chi connectivity index (χ1n) is 11.2. The van der Waals surface area contributed by atoms with Crippen molar-refractivity contribution in [2.75, 3.05) is 26.9 Å². The molecule has 0 saturated heterocycles. The number of ether oxygens (including phenoxy) is 3. The van der Waals surface area contributed by atoms with Crippen molar-refractivity contribution in [2.24, 2.45) is 0 Å². The fourth-order valence-corrected chi connectivity index (χ4v) is 3.76. The average Bonchev–Trinajstić information content (AvgIpc) is 3.28. The molecule has 0 atom stereocenters. The highest BCUT2D eigenvalue weighted by Crippen LogP contribution is 2.17. The van der Waals surface area contributed by atoms with Crippen molar-refractivity contribution in [3.05, 3.63) is 87.3 Å². The summed E-state index contributed by atoms with van der Waals surface area (Å²) >= 11 is 0. The fourth-order valence-electron chi connectivity index (χ4n) is 3.76. The molecule has 4 rings (SSSR count). The van der Waals surface area contributed by atoms with E-state index in [2.05, 4.69) is 4.98 Å². The van der Waals surface area contributed by atoms with Crippen LogP contribution in [0.2, 0.25) is 0 Å². The van der Waals surface area contributed by atoms with Crippen LogP contribution in [0.5, 0.6) is 11.5 Å². The van der Waals surface area contributed by atoms with Gasteiger partial charge in [-0.05, 0) is 36.8 Å². The third kappa shape index (κ3) is 5.04. The first-order chi connectivity index (χ1) is 16.6. The summed E-state index contributed by atoms with van der Waals surface area (Å²) in [6.07, 6.45) is 1.58. The van der Waals surface area contributed by atoms with E-state index >= 15 is 0 Å². The van der Waals surface area contributed by atoms with Gasteiger partial charge in [0.05, 0.1) is 32.6 Å². The van der Waals surface area contributed by atoms with Gasteiger partial charge in [-0.2, -0.15) is 0 Å². The van der Waals surface area contributed by atoms with Crippen LogP contribution < -0.4 is 20.7 Å². The predicted octanol–water partition coefficient (Wildman–Crippen LogP) is 2.53. The Bertz CT molecular complexity index is 1340. The molecular formula is C25H28N4O5. The number of rotatable bonds is 11. The van der Waals surface area contributed by atoms with Gasteiger partial charge in [0.15, 0.2) is 11.2 Å². The Morgan fingerprint density at radius 3 is 2.24 bits per heavy atom. The number of methoxy groups -OCH3 is 1. The minimum Gasteiger partial charge on any atom is -0.494 e. The summed E-state index contributed by atoms with van der Waals surface area (Å²) in [5.41, 5.74) is 0.849. The van der Waals surface area contributed by atoms with Gasteiger partial charge in [0, 0.05) is 13.7 Å². The monoisotopic (exact) mass is 464 g/mol. The fraction of sp³-hybridized carbons (Fsp3) is 0.320. The van der Waals surface area contributed by atoms with E-state index in [4.69, 9.17) is 14.2 Å². The largest absolute Gasteiger partial charge is 0.494 e. The molecule has 0 saturated carbocycles. The Balaban J connectivity index is 1.65. The smallest absolute Gasteiger partial charge is 0.333 e. The van der Waals surface area contributed by atoms with Crippen molar-refractivity contribution < 1.29 is 14.2 Å². The average molecular weight is 465 g/mol. The van der Waals surface area contributed by atoms with E-state index in [0.717, 1.165) is 11.3 Å². The molecule has 9 nitrogen and oxygen atoms in total. The van der Waals surface area contributed by atoms with Gasteiger partial charge < -0.3 is 18.8 Å². The molecule has 0 aliphatic heterocycles. The van der Waals surface area contributed by atoms with Crippen LogP contribution in [-0.4, -0.2) is 45.6 Å². The van der Waals surface area contributed by atoms with Crippen LogP contribution in [0.25, 0.3) is 11.2 Å². The molecule has 0 spiro atoms. The van der Waals surface area contributed by atoms with Crippen LogP contribution >= 0.6 is 0 Å². The molecule has 0 unspecified atom stereocenters. The Hall–Kier alpha value is -3.85. The maximum Gasteiger partial charge on any atom is 0.333 e. The molecule has 0 amide bonds. The normalized spacial score (nSPS) is 11.1. The SMILES string of the molecule is CCOc1ccc(OCCn2c(=O)c3c(ncn3CCOC)n(Cc3ccccc3)c2=O)cc1. The third-order valence-electron chi connectivity index (χ3n) is 5.42. The van der Waals surface area contributed by atoms with E-state index in [-0.39, 0.29) is 13.2 Å². The highest BCUT2D eigenvalue weighted by atomic mass is 16.5. The molecule has 0 aliphatic carbocycles. The van der Waals surface area contributed by atoms with Crippen molar-refractivity contribution in [2.45, 2.75) is 26.6 Å². The first-order valence-corrected chi connectivity index (χ1v) is 11.2. The van der Waals surface area contributed by atoms with Gasteiger partial charge in [-0.15, -0.1) is 0 Å². The van der Waals surface area contributed by atoms with Crippen LogP contribution in [0.4, 0.5) is 0 Å². The second kappa shape index (κ2) is 10.8. The number of fused-ring (bicyclic) bond motifs is 1. The molecule has 0 aliphatic rings. The topological polar surface area (TPSA) is 89.5 Å². The Labute approximate surface area is 196 Å². The zero-order chi connectivity index (χ0) is 23.9. The minimum atomic E-state index is -0.423. The van der Waals surface area contributed by atoms with Gasteiger partial charge in [-0.3, -0.25) is 13.9 Å². The predicted molar refractivity (Wildman–Crippen MR) is 129 cm³/mol. The van der Waals surface area contributed by atoms with Gasteiger partial charge in [-0.25, -0.2) is 9.78 Å². The molecule has 2 heterocycles. The number of benzene rings is 2. The van der Waals surface area contributed by atoms with E-state index in [1.807, 2.05) is 49.4 Å². The zero-order valence-electron chi connectivity index (χ0n) is 19.3. The van der Waals surface area contributed by atoms with Crippen LogP contribution in [-0.2, 0) is 24.4 Å². The van der Waals surface area contributed by atoms with E-state index in [1.165, 1.54) is 9.13 Å². The number of imidazole rings is 1. The molecule has 2 aromatic carbocycles. The lowest BCUT2D eigenvalue weighted by Crippen LogP contribution is -2.42. The molecule has 9 heteroatoms. The summed E-state index contributed by atoms with van der Waals surface area (Å²) in [6, 6.07) is 16.8. The maximum atomic E-state index is 13.4. The summed E-state index contributed by atoms with van der Waals surface area (Å²) in [5, 5.41) is 0. The Kier molecular flexibility index (Phi) is 7.44. The molecule has 0 N–H and O–H groups in total. The Morgan fingerprint density at radius 2 is 1.56 bits per heavy atom. The molecule has 34 heavy (non-hydrogen) atoms. The number of nitrogens with zero attached hydrogens (tertiary/aromatic N) is 4. The van der Waals surface area contributed by atoms with Gasteiger partial charge in [0.1, 0.15) is 18.1 Å². The first kappa shape index (κ1) is 23.3. The molecule has 178 valence electrons. The lowest BCUT2D eigenvalue weighted by Gasteiger charge is -2.13. The highest BCUT2D eigenvalue weighted by molar-refractivity contribution is 5.70. The van der Waals surface area contributed by atoms with Crippen LogP contribution in [0.3, 0.4) is 0 Å². The van der Waals surface area contributed by atoms with E-state index < -0.39 is 11.2 Å². The Morgan fingerprint density at radius 1 is 0.853 bits per heavy atom. The summed E-state index contributed by atoms with van der Waals surface area (Å²) in [6.45, 7) is 3.94. The van der Waals surface area contributed by atoms with E-state index in [0.29, 0.717) is 43.2 Å². The minimum absolute atomic E-state index is 0.102. The molecule has 0 fully saturated rings. The molecule has 0 radical (unpaired) electrons. The van der Waals surface area contributed by atoms with E-state index in [9.17, 15) is 9.59 Å². The number of hydrogen-bond acceptors (Lipinski definition) is 6. The lowest BCUT2D eigenvalue weighted by molar-refractivity contribution is 0.188. The van der Waals surface area contributed by atoms with Gasteiger partial charge in [0.2, 0.25) is 0 Å². The van der Waals surface area contributed by atoms with Gasteiger partial charge in [0.25, 0.3) is 5.56 Å². The van der Waals surface area contributed by atoms with Crippen LogP contribution in [0.15, 0.2) is 70.5 Å². The standard InChI is InChI=1S/C25H28N4O5/c1-3-33-20-9-11-21(12-10-20)34-16-14-28-24(30)22-23(26-18-27(22)13-15-32-2)29(25(28)31)17-19-7-5-4-6-8-19/h4-12,18H,3,13-17H2,1-2H3. The van der Waals surface area contributed by atoms with Crippen molar-refractivity contribution in [3.63, 3.8) is 0 Å². The molecule has 4 aromatic rings. The van der Waals surface area contributed by atoms with Crippen LogP contribution in [0.1, 0.15) is 12.5 Å². The summed E-state index contributed by atoms with van der Waals surface area (Å²) in [4.78, 5) is 31.1. The van der Waals surface area contributed by atoms with E-state index in [1.54, 1.807) is 30.1 Å². The summed E-state index contributed by atoms with van der Waals surface area (Å²) in [5.74, 6) is 1.39. The summed E-state index contributed by atoms with van der Waals surface area (Å²) < 4.78 is 20.9. The zero-order valence-corrected chi connectivity index (χ0v) is 19.3. The molecule has 0 bridgehead atoms. The summed E-state index contributed by atoms with van der Waals surface area (Å²) in [7, 11) is 1.60. The quantitative estimate of drug-likeness (QED) is 0.339.